The van der Waals surface area contributed by atoms with Crippen molar-refractivity contribution < 1.29 is 14.3 Å². The van der Waals surface area contributed by atoms with Crippen LogP contribution in [0.25, 0.3) is 0 Å². The van der Waals surface area contributed by atoms with Gasteiger partial charge in [-0.25, -0.2) is 5.01 Å². The van der Waals surface area contributed by atoms with Crippen LogP contribution in [0.4, 0.5) is 0 Å². The zero-order chi connectivity index (χ0) is 19.5. The van der Waals surface area contributed by atoms with Crippen LogP contribution < -0.4 is 10.2 Å². The fourth-order valence-electron chi connectivity index (χ4n) is 2.52. The normalized spacial score (nSPS) is 11.0. The van der Waals surface area contributed by atoms with Gasteiger partial charge in [0.2, 0.25) is 0 Å². The number of hydrazine groups is 1. The van der Waals surface area contributed by atoms with Crippen molar-refractivity contribution in [1.29, 1.82) is 0 Å². The van der Waals surface area contributed by atoms with Gasteiger partial charge in [-0.2, -0.15) is 0 Å². The molecule has 2 rings (SSSR count). The minimum atomic E-state index is -0.637. The number of benzene rings is 2. The SMILES string of the molecule is COc1cccc(C(=O)NN(C(=O)c2cccc(Cl)c2)C(C)(C)C)c1C. The van der Waals surface area contributed by atoms with Gasteiger partial charge >= 0.3 is 0 Å². The highest BCUT2D eigenvalue weighted by atomic mass is 35.5. The summed E-state index contributed by atoms with van der Waals surface area (Å²) in [5, 5.41) is 1.78. The largest absolute Gasteiger partial charge is 0.496 e. The highest BCUT2D eigenvalue weighted by Gasteiger charge is 2.30. The third-order valence-corrected chi connectivity index (χ3v) is 4.14. The van der Waals surface area contributed by atoms with Crippen LogP contribution in [0.15, 0.2) is 42.5 Å². The number of carbonyl (C=O) groups excluding carboxylic acids is 2. The molecular formula is C20H23ClN2O3. The van der Waals surface area contributed by atoms with E-state index < -0.39 is 5.54 Å². The van der Waals surface area contributed by atoms with Crippen molar-refractivity contribution in [2.24, 2.45) is 0 Å². The Labute approximate surface area is 158 Å². The van der Waals surface area contributed by atoms with Gasteiger partial charge in [-0.05, 0) is 58.0 Å². The van der Waals surface area contributed by atoms with E-state index >= 15 is 0 Å². The highest BCUT2D eigenvalue weighted by molar-refractivity contribution is 6.31. The molecule has 0 aliphatic carbocycles. The second-order valence-corrected chi connectivity index (χ2v) is 7.33. The molecule has 0 bridgehead atoms. The van der Waals surface area contributed by atoms with Crippen molar-refractivity contribution in [3.8, 4) is 5.75 Å². The van der Waals surface area contributed by atoms with Gasteiger partial charge in [-0.1, -0.05) is 23.7 Å². The van der Waals surface area contributed by atoms with Crippen molar-refractivity contribution >= 4 is 23.4 Å². The summed E-state index contributed by atoms with van der Waals surface area (Å²) in [6.45, 7) is 7.32. The Morgan fingerprint density at radius 2 is 1.77 bits per heavy atom. The number of halogens is 1. The molecule has 0 saturated carbocycles. The maximum absolute atomic E-state index is 12.9. The van der Waals surface area contributed by atoms with E-state index in [0.717, 1.165) is 0 Å². The highest BCUT2D eigenvalue weighted by Crippen LogP contribution is 2.22. The van der Waals surface area contributed by atoms with E-state index in [1.54, 1.807) is 56.5 Å². The summed E-state index contributed by atoms with van der Waals surface area (Å²) in [6, 6.07) is 11.8. The summed E-state index contributed by atoms with van der Waals surface area (Å²) in [6.07, 6.45) is 0. The summed E-state index contributed by atoms with van der Waals surface area (Å²) in [4.78, 5) is 25.8. The van der Waals surface area contributed by atoms with Crippen LogP contribution in [-0.2, 0) is 0 Å². The quantitative estimate of drug-likeness (QED) is 0.817. The van der Waals surface area contributed by atoms with Crippen LogP contribution in [0.1, 0.15) is 47.1 Å². The Bertz CT molecular complexity index is 828. The molecule has 0 radical (unpaired) electrons. The maximum atomic E-state index is 12.9. The Morgan fingerprint density at radius 3 is 2.35 bits per heavy atom. The average molecular weight is 375 g/mol. The molecule has 0 aliphatic heterocycles. The number of amides is 2. The topological polar surface area (TPSA) is 58.6 Å². The lowest BCUT2D eigenvalue weighted by Gasteiger charge is -2.35. The van der Waals surface area contributed by atoms with Crippen LogP contribution in [0, 0.1) is 6.92 Å². The Hall–Kier alpha value is -2.53. The minimum Gasteiger partial charge on any atom is -0.496 e. The first-order chi connectivity index (χ1) is 12.1. The van der Waals surface area contributed by atoms with Gasteiger partial charge in [0.1, 0.15) is 5.75 Å². The number of hydrogen-bond donors (Lipinski definition) is 1. The van der Waals surface area contributed by atoms with Gasteiger partial charge in [0.05, 0.1) is 12.6 Å². The molecule has 138 valence electrons. The molecule has 0 atom stereocenters. The second-order valence-electron chi connectivity index (χ2n) is 6.90. The molecule has 2 aromatic rings. The zero-order valence-corrected chi connectivity index (χ0v) is 16.3. The molecule has 26 heavy (non-hydrogen) atoms. The van der Waals surface area contributed by atoms with Crippen molar-refractivity contribution in [2.75, 3.05) is 7.11 Å². The van der Waals surface area contributed by atoms with E-state index in [0.29, 0.717) is 27.5 Å². The molecule has 0 spiro atoms. The van der Waals surface area contributed by atoms with Crippen LogP contribution in [0.3, 0.4) is 0 Å². The first-order valence-electron chi connectivity index (χ1n) is 8.20. The first kappa shape index (κ1) is 19.8. The molecular weight excluding hydrogens is 352 g/mol. The average Bonchev–Trinajstić information content (AvgIpc) is 2.58. The van der Waals surface area contributed by atoms with Crippen LogP contribution in [0.2, 0.25) is 5.02 Å². The van der Waals surface area contributed by atoms with Gasteiger partial charge < -0.3 is 4.74 Å². The predicted molar refractivity (Wildman–Crippen MR) is 103 cm³/mol. The molecule has 0 fully saturated rings. The van der Waals surface area contributed by atoms with Crippen molar-refractivity contribution in [3.63, 3.8) is 0 Å². The lowest BCUT2D eigenvalue weighted by Crippen LogP contribution is -2.56. The predicted octanol–water partition coefficient (Wildman–Crippen LogP) is 4.24. The molecule has 0 aromatic heterocycles. The standard InChI is InChI=1S/C20H23ClN2O3/c1-13-16(10-7-11-17(13)26-5)18(24)22-23(20(2,3)4)19(25)14-8-6-9-15(21)12-14/h6-12H,1-5H3,(H,22,24). The molecule has 2 amide bonds. The second kappa shape index (κ2) is 7.79. The van der Waals surface area contributed by atoms with E-state index in [2.05, 4.69) is 5.43 Å². The molecule has 6 heteroatoms. The summed E-state index contributed by atoms with van der Waals surface area (Å²) < 4.78 is 5.26. The number of rotatable bonds is 3. The van der Waals surface area contributed by atoms with Gasteiger partial charge in [0, 0.05) is 21.7 Å². The Kier molecular flexibility index (Phi) is 5.93. The van der Waals surface area contributed by atoms with Crippen LogP contribution in [-0.4, -0.2) is 29.5 Å². The molecule has 5 nitrogen and oxygen atoms in total. The van der Waals surface area contributed by atoms with Crippen LogP contribution >= 0.6 is 11.6 Å². The van der Waals surface area contributed by atoms with Gasteiger partial charge in [0.25, 0.3) is 11.8 Å². The fourth-order valence-corrected chi connectivity index (χ4v) is 2.71. The molecule has 0 unspecified atom stereocenters. The van der Waals surface area contributed by atoms with Crippen molar-refractivity contribution in [1.82, 2.24) is 10.4 Å². The van der Waals surface area contributed by atoms with E-state index in [1.165, 1.54) is 5.01 Å². The number of ether oxygens (including phenoxy) is 1. The van der Waals surface area contributed by atoms with Gasteiger partial charge in [-0.15, -0.1) is 0 Å². The number of carbonyl (C=O) groups is 2. The summed E-state index contributed by atoms with van der Waals surface area (Å²) >= 11 is 5.99. The zero-order valence-electron chi connectivity index (χ0n) is 15.6. The third kappa shape index (κ3) is 4.35. The third-order valence-electron chi connectivity index (χ3n) is 3.91. The summed E-state index contributed by atoms with van der Waals surface area (Å²) in [5.74, 6) is -0.110. The van der Waals surface area contributed by atoms with Gasteiger partial charge in [0.15, 0.2) is 0 Å². The number of nitrogens with one attached hydrogen (secondary N) is 1. The minimum absolute atomic E-state index is 0.339. The number of methoxy groups -OCH3 is 1. The summed E-state index contributed by atoms with van der Waals surface area (Å²) in [5.41, 5.74) is 3.64. The first-order valence-corrected chi connectivity index (χ1v) is 8.57. The molecule has 2 aromatic carbocycles. The molecule has 0 saturated heterocycles. The summed E-state index contributed by atoms with van der Waals surface area (Å²) in [7, 11) is 1.55. The Morgan fingerprint density at radius 1 is 1.12 bits per heavy atom. The van der Waals surface area contributed by atoms with Crippen molar-refractivity contribution in [2.45, 2.75) is 33.2 Å². The van der Waals surface area contributed by atoms with E-state index in [1.807, 2.05) is 20.8 Å². The van der Waals surface area contributed by atoms with Crippen LogP contribution in [0.5, 0.6) is 5.75 Å². The molecule has 0 heterocycles. The van der Waals surface area contributed by atoms with E-state index in [9.17, 15) is 9.59 Å². The lowest BCUT2D eigenvalue weighted by atomic mass is 10.1. The smallest absolute Gasteiger partial charge is 0.272 e. The number of nitrogens with zero attached hydrogens (tertiary/aromatic N) is 1. The Balaban J connectivity index is 2.35. The fraction of sp³-hybridized carbons (Fsp3) is 0.300. The molecule has 0 aliphatic rings. The lowest BCUT2D eigenvalue weighted by molar-refractivity contribution is 0.0358. The van der Waals surface area contributed by atoms with E-state index in [4.69, 9.17) is 16.3 Å². The number of hydrogen-bond acceptors (Lipinski definition) is 3. The van der Waals surface area contributed by atoms with Gasteiger partial charge in [-0.3, -0.25) is 15.0 Å². The molecule has 1 N–H and O–H groups in total. The van der Waals surface area contributed by atoms with Crippen molar-refractivity contribution in [3.05, 3.63) is 64.2 Å². The monoisotopic (exact) mass is 374 g/mol. The maximum Gasteiger partial charge on any atom is 0.272 e. The van der Waals surface area contributed by atoms with E-state index in [-0.39, 0.29) is 11.8 Å².